The van der Waals surface area contributed by atoms with E-state index in [0.29, 0.717) is 5.38 Å². The van der Waals surface area contributed by atoms with E-state index in [1.807, 2.05) is 0 Å². The van der Waals surface area contributed by atoms with Crippen LogP contribution in [0.1, 0.15) is 51.9 Å². The number of hydrogen-bond donors (Lipinski definition) is 0. The second-order valence-corrected chi connectivity index (χ2v) is 5.68. The molecule has 0 aromatic heterocycles. The first-order valence-electron chi connectivity index (χ1n) is 6.10. The summed E-state index contributed by atoms with van der Waals surface area (Å²) < 4.78 is 0. The summed E-state index contributed by atoms with van der Waals surface area (Å²) in [5.41, 5.74) is 1.68. The Bertz CT molecular complexity index is 219. The van der Waals surface area contributed by atoms with E-state index < -0.39 is 0 Å². The highest BCUT2D eigenvalue weighted by molar-refractivity contribution is 6.21. The van der Waals surface area contributed by atoms with Gasteiger partial charge in [0.05, 0.1) is 5.38 Å². The fraction of sp³-hybridized carbons (Fsp3) is 0.846. The minimum Gasteiger partial charge on any atom is -0.118 e. The van der Waals surface area contributed by atoms with Crippen molar-refractivity contribution in [1.29, 1.82) is 0 Å². The number of hydrogen-bond acceptors (Lipinski definition) is 0. The predicted molar refractivity (Wildman–Crippen MR) is 62.7 cm³/mol. The molecular formula is C13H21Cl. The van der Waals surface area contributed by atoms with Gasteiger partial charge in [-0.1, -0.05) is 31.4 Å². The summed E-state index contributed by atoms with van der Waals surface area (Å²) in [6.07, 6.45) is 11.9. The first-order valence-corrected chi connectivity index (χ1v) is 6.54. The van der Waals surface area contributed by atoms with Gasteiger partial charge in [0.15, 0.2) is 0 Å². The summed E-state index contributed by atoms with van der Waals surface area (Å²) in [5.74, 6) is 1.81. The smallest absolute Gasteiger partial charge is 0.0518 e. The maximum Gasteiger partial charge on any atom is 0.0518 e. The van der Waals surface area contributed by atoms with Gasteiger partial charge in [0.25, 0.3) is 0 Å². The first kappa shape index (κ1) is 10.5. The summed E-state index contributed by atoms with van der Waals surface area (Å²) in [4.78, 5) is 0. The average Bonchev–Trinajstić information content (AvgIpc) is 2.18. The molecule has 2 aliphatic carbocycles. The molecule has 0 bridgehead atoms. The van der Waals surface area contributed by atoms with Gasteiger partial charge >= 0.3 is 0 Å². The molecule has 0 aromatic rings. The molecule has 0 amide bonds. The van der Waals surface area contributed by atoms with Crippen LogP contribution >= 0.6 is 11.6 Å². The number of allylic oxidation sites excluding steroid dienone is 2. The van der Waals surface area contributed by atoms with Crippen molar-refractivity contribution in [1.82, 2.24) is 0 Å². The maximum absolute atomic E-state index is 6.19. The van der Waals surface area contributed by atoms with E-state index in [-0.39, 0.29) is 0 Å². The Morgan fingerprint density at radius 2 is 2.07 bits per heavy atom. The molecule has 3 atom stereocenters. The molecule has 0 aromatic carbocycles. The Morgan fingerprint density at radius 1 is 1.21 bits per heavy atom. The molecule has 0 radical (unpaired) electrons. The third-order valence-corrected chi connectivity index (χ3v) is 4.15. The van der Waals surface area contributed by atoms with E-state index in [9.17, 15) is 0 Å². The minimum atomic E-state index is 0.330. The largest absolute Gasteiger partial charge is 0.118 e. The quantitative estimate of drug-likeness (QED) is 0.443. The van der Waals surface area contributed by atoms with E-state index in [2.05, 4.69) is 13.0 Å². The van der Waals surface area contributed by atoms with Crippen LogP contribution < -0.4 is 0 Å². The van der Waals surface area contributed by atoms with Gasteiger partial charge in [-0.2, -0.15) is 0 Å². The Kier molecular flexibility index (Phi) is 3.54. The summed E-state index contributed by atoms with van der Waals surface area (Å²) in [6.45, 7) is 2.40. The van der Waals surface area contributed by atoms with Crippen LogP contribution in [0.5, 0.6) is 0 Å². The number of rotatable bonds is 1. The molecule has 1 heteroatoms. The lowest BCUT2D eigenvalue weighted by molar-refractivity contribution is 0.306. The molecule has 2 rings (SSSR count). The zero-order valence-electron chi connectivity index (χ0n) is 9.14. The van der Waals surface area contributed by atoms with Crippen molar-refractivity contribution in [3.63, 3.8) is 0 Å². The van der Waals surface area contributed by atoms with Gasteiger partial charge in [-0.3, -0.25) is 0 Å². The molecule has 14 heavy (non-hydrogen) atoms. The molecule has 1 fully saturated rings. The highest BCUT2D eigenvalue weighted by Crippen LogP contribution is 2.37. The van der Waals surface area contributed by atoms with Gasteiger partial charge in [-0.25, -0.2) is 0 Å². The van der Waals surface area contributed by atoms with Crippen LogP contribution in [0.4, 0.5) is 0 Å². The molecule has 1 saturated carbocycles. The summed E-state index contributed by atoms with van der Waals surface area (Å²) in [5, 5.41) is 0.330. The monoisotopic (exact) mass is 212 g/mol. The molecule has 0 heterocycles. The fourth-order valence-corrected chi connectivity index (χ4v) is 3.33. The average molecular weight is 213 g/mol. The Balaban J connectivity index is 1.99. The second kappa shape index (κ2) is 4.70. The minimum absolute atomic E-state index is 0.330. The van der Waals surface area contributed by atoms with Gasteiger partial charge in [-0.05, 0) is 43.9 Å². The van der Waals surface area contributed by atoms with Gasteiger partial charge in [0.1, 0.15) is 0 Å². The third-order valence-electron chi connectivity index (χ3n) is 3.80. The van der Waals surface area contributed by atoms with E-state index >= 15 is 0 Å². The Morgan fingerprint density at radius 3 is 2.79 bits per heavy atom. The normalized spacial score (nSPS) is 39.3. The number of halogens is 1. The Hall–Kier alpha value is 0.0300. The van der Waals surface area contributed by atoms with Crippen LogP contribution in [0.3, 0.4) is 0 Å². The fourth-order valence-electron chi connectivity index (χ4n) is 3.01. The van der Waals surface area contributed by atoms with Gasteiger partial charge in [-0.15, -0.1) is 11.6 Å². The SMILES string of the molecule is CC1CCCC(C2=CC(Cl)CCC2)C1. The van der Waals surface area contributed by atoms with Gasteiger partial charge in [0.2, 0.25) is 0 Å². The maximum atomic E-state index is 6.19. The topological polar surface area (TPSA) is 0 Å². The summed E-state index contributed by atoms with van der Waals surface area (Å²) in [7, 11) is 0. The second-order valence-electron chi connectivity index (χ2n) is 5.12. The van der Waals surface area contributed by atoms with Crippen LogP contribution in [-0.2, 0) is 0 Å². The van der Waals surface area contributed by atoms with Crippen molar-refractivity contribution in [2.75, 3.05) is 0 Å². The standard InChI is InChI=1S/C13H21Cl/c1-10-4-2-5-11(8-10)12-6-3-7-13(14)9-12/h9-11,13H,2-8H2,1H3. The van der Waals surface area contributed by atoms with E-state index in [4.69, 9.17) is 11.6 Å². The lowest BCUT2D eigenvalue weighted by atomic mass is 9.76. The van der Waals surface area contributed by atoms with E-state index in [1.165, 1.54) is 44.9 Å². The highest BCUT2D eigenvalue weighted by atomic mass is 35.5. The highest BCUT2D eigenvalue weighted by Gasteiger charge is 2.24. The summed E-state index contributed by atoms with van der Waals surface area (Å²) >= 11 is 6.19. The van der Waals surface area contributed by atoms with Crippen molar-refractivity contribution >= 4 is 11.6 Å². The van der Waals surface area contributed by atoms with Crippen LogP contribution in [-0.4, -0.2) is 5.38 Å². The molecule has 0 spiro atoms. The molecular weight excluding hydrogens is 192 g/mol. The van der Waals surface area contributed by atoms with E-state index in [0.717, 1.165) is 11.8 Å². The zero-order chi connectivity index (χ0) is 9.97. The molecule has 2 aliphatic rings. The van der Waals surface area contributed by atoms with Gasteiger partial charge < -0.3 is 0 Å². The Labute approximate surface area is 92.7 Å². The molecule has 0 nitrogen and oxygen atoms in total. The predicted octanol–water partition coefficient (Wildman–Crippen LogP) is 4.53. The lowest BCUT2D eigenvalue weighted by Gasteiger charge is -2.31. The van der Waals surface area contributed by atoms with Crippen molar-refractivity contribution in [2.45, 2.75) is 57.2 Å². The van der Waals surface area contributed by atoms with Crippen LogP contribution in [0.25, 0.3) is 0 Å². The lowest BCUT2D eigenvalue weighted by Crippen LogP contribution is -2.18. The van der Waals surface area contributed by atoms with E-state index in [1.54, 1.807) is 5.57 Å². The number of alkyl halides is 1. The molecule has 0 saturated heterocycles. The third kappa shape index (κ3) is 2.53. The van der Waals surface area contributed by atoms with Crippen LogP contribution in [0.2, 0.25) is 0 Å². The van der Waals surface area contributed by atoms with Crippen LogP contribution in [0, 0.1) is 11.8 Å². The molecule has 80 valence electrons. The van der Waals surface area contributed by atoms with Crippen molar-refractivity contribution in [3.05, 3.63) is 11.6 Å². The molecule has 3 unspecified atom stereocenters. The molecule has 0 aliphatic heterocycles. The zero-order valence-corrected chi connectivity index (χ0v) is 9.89. The van der Waals surface area contributed by atoms with Crippen molar-refractivity contribution in [3.8, 4) is 0 Å². The molecule has 0 N–H and O–H groups in total. The van der Waals surface area contributed by atoms with Crippen LogP contribution in [0.15, 0.2) is 11.6 Å². The van der Waals surface area contributed by atoms with Crippen molar-refractivity contribution in [2.24, 2.45) is 11.8 Å². The van der Waals surface area contributed by atoms with Crippen molar-refractivity contribution < 1.29 is 0 Å². The summed E-state index contributed by atoms with van der Waals surface area (Å²) in [6, 6.07) is 0. The van der Waals surface area contributed by atoms with Gasteiger partial charge in [0, 0.05) is 0 Å². The first-order chi connectivity index (χ1) is 6.75.